The first kappa shape index (κ1) is 9.16. The van der Waals surface area contributed by atoms with Crippen LogP contribution in [0.3, 0.4) is 0 Å². The van der Waals surface area contributed by atoms with E-state index in [9.17, 15) is 4.39 Å². The molecule has 1 aromatic rings. The van der Waals surface area contributed by atoms with E-state index in [0.29, 0.717) is 4.47 Å². The number of rotatable bonds is 1. The largest absolute Gasteiger partial charge is 0.370 e. The van der Waals surface area contributed by atoms with Crippen molar-refractivity contribution in [2.45, 2.75) is 18.9 Å². The van der Waals surface area contributed by atoms with Crippen molar-refractivity contribution in [1.29, 1.82) is 0 Å². The van der Waals surface area contributed by atoms with E-state index in [4.69, 9.17) is 4.74 Å². The van der Waals surface area contributed by atoms with Gasteiger partial charge in [0, 0.05) is 6.42 Å². The second-order valence-corrected chi connectivity index (χ2v) is 4.31. The van der Waals surface area contributed by atoms with E-state index in [1.165, 1.54) is 6.07 Å². The van der Waals surface area contributed by atoms with Crippen molar-refractivity contribution in [2.75, 3.05) is 6.61 Å². The van der Waals surface area contributed by atoms with Crippen LogP contribution in [0.1, 0.15) is 18.9 Å². The highest BCUT2D eigenvalue weighted by atomic mass is 79.9. The van der Waals surface area contributed by atoms with Crippen LogP contribution in [0.25, 0.3) is 0 Å². The first-order valence-electron chi connectivity index (χ1n) is 4.21. The molecule has 0 bridgehead atoms. The maximum absolute atomic E-state index is 12.9. The molecule has 0 aromatic heterocycles. The molecule has 1 saturated heterocycles. The van der Waals surface area contributed by atoms with Gasteiger partial charge in [0.2, 0.25) is 0 Å². The van der Waals surface area contributed by atoms with E-state index >= 15 is 0 Å². The van der Waals surface area contributed by atoms with Crippen LogP contribution < -0.4 is 0 Å². The SMILES string of the molecule is CC1(c2ccc(F)c(Br)c2)CCO1. The molecule has 1 aromatic carbocycles. The Morgan fingerprint density at radius 1 is 1.54 bits per heavy atom. The standard InChI is InChI=1S/C10H10BrFO/c1-10(4-5-13-10)7-2-3-9(12)8(11)6-7/h2-3,6H,4-5H2,1H3. The van der Waals surface area contributed by atoms with Crippen LogP contribution in [0.4, 0.5) is 4.39 Å². The zero-order chi connectivity index (χ0) is 9.47. The van der Waals surface area contributed by atoms with Crippen LogP contribution in [0.15, 0.2) is 22.7 Å². The van der Waals surface area contributed by atoms with E-state index in [1.54, 1.807) is 12.1 Å². The molecule has 1 aliphatic heterocycles. The molecule has 0 N–H and O–H groups in total. The first-order chi connectivity index (χ1) is 6.12. The Morgan fingerprint density at radius 3 is 2.69 bits per heavy atom. The predicted octanol–water partition coefficient (Wildman–Crippen LogP) is 3.22. The van der Waals surface area contributed by atoms with Gasteiger partial charge in [0.25, 0.3) is 0 Å². The number of benzene rings is 1. The van der Waals surface area contributed by atoms with E-state index in [1.807, 2.05) is 6.92 Å². The smallest absolute Gasteiger partial charge is 0.137 e. The maximum atomic E-state index is 12.9. The van der Waals surface area contributed by atoms with Gasteiger partial charge in [-0.2, -0.15) is 0 Å². The van der Waals surface area contributed by atoms with Crippen molar-refractivity contribution in [3.05, 3.63) is 34.1 Å². The van der Waals surface area contributed by atoms with Gasteiger partial charge in [-0.25, -0.2) is 4.39 Å². The van der Waals surface area contributed by atoms with Crippen molar-refractivity contribution in [2.24, 2.45) is 0 Å². The second-order valence-electron chi connectivity index (χ2n) is 3.46. The number of ether oxygens (including phenoxy) is 1. The summed E-state index contributed by atoms with van der Waals surface area (Å²) in [6.45, 7) is 2.82. The summed E-state index contributed by atoms with van der Waals surface area (Å²) in [7, 11) is 0. The molecule has 13 heavy (non-hydrogen) atoms. The van der Waals surface area contributed by atoms with Crippen LogP contribution in [-0.4, -0.2) is 6.61 Å². The van der Waals surface area contributed by atoms with Gasteiger partial charge in [0.05, 0.1) is 16.7 Å². The molecule has 1 unspecified atom stereocenters. The zero-order valence-electron chi connectivity index (χ0n) is 7.31. The summed E-state index contributed by atoms with van der Waals surface area (Å²) >= 11 is 3.16. The van der Waals surface area contributed by atoms with Crippen molar-refractivity contribution in [1.82, 2.24) is 0 Å². The minimum atomic E-state index is -0.230. The molecule has 0 radical (unpaired) electrons. The van der Waals surface area contributed by atoms with Gasteiger partial charge in [-0.05, 0) is 40.5 Å². The third-order valence-corrected chi connectivity index (χ3v) is 3.14. The minimum absolute atomic E-state index is 0.198. The van der Waals surface area contributed by atoms with Gasteiger partial charge in [0.15, 0.2) is 0 Å². The summed E-state index contributed by atoms with van der Waals surface area (Å²) < 4.78 is 18.9. The maximum Gasteiger partial charge on any atom is 0.137 e. The molecule has 0 spiro atoms. The molecular formula is C10H10BrFO. The minimum Gasteiger partial charge on any atom is -0.370 e. The molecule has 0 saturated carbocycles. The highest BCUT2D eigenvalue weighted by Crippen LogP contribution is 2.37. The Morgan fingerprint density at radius 2 is 2.23 bits per heavy atom. The lowest BCUT2D eigenvalue weighted by Crippen LogP contribution is -2.37. The third-order valence-electron chi connectivity index (χ3n) is 2.53. The van der Waals surface area contributed by atoms with Crippen LogP contribution in [0.2, 0.25) is 0 Å². The average Bonchev–Trinajstić information content (AvgIpc) is 2.06. The molecule has 1 aliphatic rings. The number of hydrogen-bond donors (Lipinski definition) is 0. The summed E-state index contributed by atoms with van der Waals surface area (Å²) in [5.41, 5.74) is 0.836. The fourth-order valence-corrected chi connectivity index (χ4v) is 1.84. The third kappa shape index (κ3) is 1.51. The molecule has 1 atom stereocenters. The number of hydrogen-bond acceptors (Lipinski definition) is 1. The van der Waals surface area contributed by atoms with Gasteiger partial charge in [-0.15, -0.1) is 0 Å². The molecule has 1 fully saturated rings. The molecule has 2 rings (SSSR count). The summed E-state index contributed by atoms with van der Waals surface area (Å²) in [6.07, 6.45) is 1.01. The van der Waals surface area contributed by atoms with Crippen molar-refractivity contribution in [3.63, 3.8) is 0 Å². The lowest BCUT2D eigenvalue weighted by molar-refractivity contribution is -0.140. The monoisotopic (exact) mass is 244 g/mol. The van der Waals surface area contributed by atoms with Gasteiger partial charge >= 0.3 is 0 Å². The molecular weight excluding hydrogens is 235 g/mol. The van der Waals surface area contributed by atoms with Crippen molar-refractivity contribution in [3.8, 4) is 0 Å². The van der Waals surface area contributed by atoms with Gasteiger partial charge in [-0.3, -0.25) is 0 Å². The van der Waals surface area contributed by atoms with Crippen molar-refractivity contribution >= 4 is 15.9 Å². The van der Waals surface area contributed by atoms with E-state index in [-0.39, 0.29) is 11.4 Å². The second kappa shape index (κ2) is 3.07. The predicted molar refractivity (Wildman–Crippen MR) is 52.0 cm³/mol. The fraction of sp³-hybridized carbons (Fsp3) is 0.400. The summed E-state index contributed by atoms with van der Waals surface area (Å²) in [4.78, 5) is 0. The summed E-state index contributed by atoms with van der Waals surface area (Å²) in [6, 6.07) is 5.03. The summed E-state index contributed by atoms with van der Waals surface area (Å²) in [5.74, 6) is -0.230. The van der Waals surface area contributed by atoms with E-state index < -0.39 is 0 Å². The van der Waals surface area contributed by atoms with Crippen LogP contribution in [0.5, 0.6) is 0 Å². The lowest BCUT2D eigenvalue weighted by atomic mass is 9.89. The van der Waals surface area contributed by atoms with Gasteiger partial charge in [0.1, 0.15) is 5.82 Å². The van der Waals surface area contributed by atoms with Crippen LogP contribution >= 0.6 is 15.9 Å². The molecule has 1 heterocycles. The highest BCUT2D eigenvalue weighted by Gasteiger charge is 2.35. The molecule has 0 amide bonds. The van der Waals surface area contributed by atoms with Gasteiger partial charge in [-0.1, -0.05) is 6.07 Å². The van der Waals surface area contributed by atoms with E-state index in [2.05, 4.69) is 15.9 Å². The number of halogens is 2. The molecule has 70 valence electrons. The Kier molecular flexibility index (Phi) is 2.16. The molecule has 0 aliphatic carbocycles. The highest BCUT2D eigenvalue weighted by molar-refractivity contribution is 9.10. The zero-order valence-corrected chi connectivity index (χ0v) is 8.90. The average molecular weight is 245 g/mol. The Bertz CT molecular complexity index is 334. The topological polar surface area (TPSA) is 9.23 Å². The van der Waals surface area contributed by atoms with E-state index in [0.717, 1.165) is 18.6 Å². The first-order valence-corrected chi connectivity index (χ1v) is 5.01. The Labute approximate surface area is 85.0 Å². The lowest BCUT2D eigenvalue weighted by Gasteiger charge is -2.39. The van der Waals surface area contributed by atoms with Crippen LogP contribution in [0, 0.1) is 5.82 Å². The normalized spacial score (nSPS) is 27.0. The fourth-order valence-electron chi connectivity index (χ4n) is 1.46. The quantitative estimate of drug-likeness (QED) is 0.738. The van der Waals surface area contributed by atoms with Crippen molar-refractivity contribution < 1.29 is 9.13 Å². The molecule has 3 heteroatoms. The Hall–Kier alpha value is -0.410. The molecule has 1 nitrogen and oxygen atoms in total. The Balaban J connectivity index is 2.36. The summed E-state index contributed by atoms with van der Waals surface area (Å²) in [5, 5.41) is 0. The van der Waals surface area contributed by atoms with Gasteiger partial charge < -0.3 is 4.74 Å². The van der Waals surface area contributed by atoms with Crippen LogP contribution in [-0.2, 0) is 10.3 Å².